The summed E-state index contributed by atoms with van der Waals surface area (Å²) in [5, 5.41) is 0. The van der Waals surface area contributed by atoms with Gasteiger partial charge in [-0.15, -0.1) is 0 Å². The maximum atomic E-state index is 11.4. The number of carbonyl (C=O) groups is 2. The summed E-state index contributed by atoms with van der Waals surface area (Å²) < 4.78 is 11.0. The number of rotatable bonds is 5. The number of esters is 2. The van der Waals surface area contributed by atoms with E-state index in [1.54, 1.807) is 18.4 Å². The SMILES string of the molecule is CCOC(=O)CCn1c(C)nc(C(=O)OC)c1N. The van der Waals surface area contributed by atoms with Crippen LogP contribution in [-0.4, -0.2) is 35.2 Å². The van der Waals surface area contributed by atoms with Crippen LogP contribution in [0.2, 0.25) is 0 Å². The van der Waals surface area contributed by atoms with Crippen LogP contribution in [0.4, 0.5) is 5.82 Å². The smallest absolute Gasteiger partial charge is 0.360 e. The highest BCUT2D eigenvalue weighted by Gasteiger charge is 2.19. The van der Waals surface area contributed by atoms with Crippen molar-refractivity contribution in [2.75, 3.05) is 19.5 Å². The number of hydrogen-bond acceptors (Lipinski definition) is 6. The quantitative estimate of drug-likeness (QED) is 0.770. The number of nitrogens with two attached hydrogens (primary N) is 1. The van der Waals surface area contributed by atoms with Gasteiger partial charge in [-0.25, -0.2) is 9.78 Å². The Labute approximate surface area is 105 Å². The van der Waals surface area contributed by atoms with Gasteiger partial charge < -0.3 is 19.8 Å². The Morgan fingerprint density at radius 2 is 2.11 bits per heavy atom. The van der Waals surface area contributed by atoms with Crippen LogP contribution >= 0.6 is 0 Å². The third-order valence-electron chi connectivity index (χ3n) is 2.42. The Kier molecular flexibility index (Phi) is 4.70. The first-order valence-electron chi connectivity index (χ1n) is 5.57. The van der Waals surface area contributed by atoms with Crippen LogP contribution in [0.3, 0.4) is 0 Å². The van der Waals surface area contributed by atoms with Crippen LogP contribution in [-0.2, 0) is 20.8 Å². The molecule has 18 heavy (non-hydrogen) atoms. The maximum absolute atomic E-state index is 11.4. The van der Waals surface area contributed by atoms with Crippen molar-refractivity contribution in [2.24, 2.45) is 0 Å². The molecule has 0 aliphatic rings. The minimum Gasteiger partial charge on any atom is -0.466 e. The van der Waals surface area contributed by atoms with Gasteiger partial charge in [-0.1, -0.05) is 0 Å². The van der Waals surface area contributed by atoms with Crippen LogP contribution in [0.5, 0.6) is 0 Å². The molecule has 7 heteroatoms. The molecule has 0 atom stereocenters. The fraction of sp³-hybridized carbons (Fsp3) is 0.545. The molecular weight excluding hydrogens is 238 g/mol. The highest BCUT2D eigenvalue weighted by molar-refractivity contribution is 5.92. The highest BCUT2D eigenvalue weighted by atomic mass is 16.5. The molecule has 0 fully saturated rings. The molecule has 1 heterocycles. The van der Waals surface area contributed by atoms with E-state index in [9.17, 15) is 9.59 Å². The van der Waals surface area contributed by atoms with E-state index in [-0.39, 0.29) is 23.9 Å². The average molecular weight is 255 g/mol. The zero-order valence-electron chi connectivity index (χ0n) is 10.7. The van der Waals surface area contributed by atoms with Gasteiger partial charge in [0, 0.05) is 6.54 Å². The Balaban J connectivity index is 2.81. The van der Waals surface area contributed by atoms with Gasteiger partial charge in [0.15, 0.2) is 5.69 Å². The van der Waals surface area contributed by atoms with E-state index in [2.05, 4.69) is 9.72 Å². The second-order valence-corrected chi connectivity index (χ2v) is 3.59. The molecule has 0 unspecified atom stereocenters. The van der Waals surface area contributed by atoms with Crippen molar-refractivity contribution >= 4 is 17.8 Å². The van der Waals surface area contributed by atoms with Crippen molar-refractivity contribution in [1.29, 1.82) is 0 Å². The van der Waals surface area contributed by atoms with Crippen molar-refractivity contribution in [3.05, 3.63) is 11.5 Å². The summed E-state index contributed by atoms with van der Waals surface area (Å²) in [6.45, 7) is 4.10. The van der Waals surface area contributed by atoms with Gasteiger partial charge in [-0.05, 0) is 13.8 Å². The van der Waals surface area contributed by atoms with Crippen molar-refractivity contribution in [1.82, 2.24) is 9.55 Å². The van der Waals surface area contributed by atoms with E-state index >= 15 is 0 Å². The largest absolute Gasteiger partial charge is 0.466 e. The van der Waals surface area contributed by atoms with Crippen molar-refractivity contribution < 1.29 is 19.1 Å². The molecule has 0 saturated carbocycles. The lowest BCUT2D eigenvalue weighted by Crippen LogP contribution is -2.12. The van der Waals surface area contributed by atoms with Gasteiger partial charge in [-0.2, -0.15) is 0 Å². The van der Waals surface area contributed by atoms with E-state index in [4.69, 9.17) is 10.5 Å². The van der Waals surface area contributed by atoms with Crippen molar-refractivity contribution in [2.45, 2.75) is 26.8 Å². The lowest BCUT2D eigenvalue weighted by Gasteiger charge is -2.07. The molecule has 0 saturated heterocycles. The summed E-state index contributed by atoms with van der Waals surface area (Å²) in [4.78, 5) is 26.6. The van der Waals surface area contributed by atoms with Crippen LogP contribution in [0.15, 0.2) is 0 Å². The van der Waals surface area contributed by atoms with Crippen LogP contribution in [0, 0.1) is 6.92 Å². The topological polar surface area (TPSA) is 96.4 Å². The Morgan fingerprint density at radius 1 is 1.44 bits per heavy atom. The second-order valence-electron chi connectivity index (χ2n) is 3.59. The van der Waals surface area contributed by atoms with E-state index in [1.165, 1.54) is 7.11 Å². The standard InChI is InChI=1S/C11H17N3O4/c1-4-18-8(15)5-6-14-7(2)13-9(10(14)12)11(16)17-3/h4-6,12H2,1-3H3. The zero-order chi connectivity index (χ0) is 13.7. The number of aryl methyl sites for hydroxylation is 1. The third-order valence-corrected chi connectivity index (χ3v) is 2.42. The molecule has 0 amide bonds. The zero-order valence-corrected chi connectivity index (χ0v) is 10.7. The summed E-state index contributed by atoms with van der Waals surface area (Å²) in [5.41, 5.74) is 5.86. The maximum Gasteiger partial charge on any atom is 0.360 e. The molecule has 0 spiro atoms. The predicted octanol–water partition coefficient (Wildman–Crippen LogP) is 0.514. The first-order chi connectivity index (χ1) is 8.51. The Bertz CT molecular complexity index is 453. The number of anilines is 1. The van der Waals surface area contributed by atoms with Gasteiger partial charge in [0.05, 0.1) is 20.1 Å². The summed E-state index contributed by atoms with van der Waals surface area (Å²) in [6.07, 6.45) is 0.176. The van der Waals surface area contributed by atoms with Crippen molar-refractivity contribution in [3.8, 4) is 0 Å². The van der Waals surface area contributed by atoms with Crippen LogP contribution in [0.1, 0.15) is 29.7 Å². The molecule has 2 N–H and O–H groups in total. The molecule has 1 aromatic heterocycles. The minimum atomic E-state index is -0.592. The third kappa shape index (κ3) is 2.99. The number of carbonyl (C=O) groups excluding carboxylic acids is 2. The van der Waals surface area contributed by atoms with E-state index in [1.807, 2.05) is 0 Å². The molecule has 0 radical (unpaired) electrons. The molecule has 0 aromatic carbocycles. The summed E-state index contributed by atoms with van der Waals surface area (Å²) in [5.74, 6) is -0.157. The Hall–Kier alpha value is -2.05. The lowest BCUT2D eigenvalue weighted by atomic mass is 10.4. The molecule has 0 aliphatic carbocycles. The lowest BCUT2D eigenvalue weighted by molar-refractivity contribution is -0.143. The number of methoxy groups -OCH3 is 1. The second kappa shape index (κ2) is 6.04. The summed E-state index contributed by atoms with van der Waals surface area (Å²) >= 11 is 0. The van der Waals surface area contributed by atoms with E-state index in [0.717, 1.165) is 0 Å². The molecule has 0 aliphatic heterocycles. The van der Waals surface area contributed by atoms with E-state index in [0.29, 0.717) is 19.0 Å². The fourth-order valence-corrected chi connectivity index (χ4v) is 1.55. The number of hydrogen-bond donors (Lipinski definition) is 1. The number of imidazole rings is 1. The van der Waals surface area contributed by atoms with Gasteiger partial charge in [0.2, 0.25) is 0 Å². The highest BCUT2D eigenvalue weighted by Crippen LogP contribution is 2.15. The van der Waals surface area contributed by atoms with Crippen molar-refractivity contribution in [3.63, 3.8) is 0 Å². The van der Waals surface area contributed by atoms with Gasteiger partial charge in [0.1, 0.15) is 11.6 Å². The monoisotopic (exact) mass is 255 g/mol. The van der Waals surface area contributed by atoms with E-state index < -0.39 is 5.97 Å². The molecular formula is C11H17N3O4. The van der Waals surface area contributed by atoms with Gasteiger partial charge in [0.25, 0.3) is 0 Å². The molecule has 7 nitrogen and oxygen atoms in total. The van der Waals surface area contributed by atoms with Gasteiger partial charge in [-0.3, -0.25) is 4.79 Å². The normalized spacial score (nSPS) is 10.2. The Morgan fingerprint density at radius 3 is 2.67 bits per heavy atom. The molecule has 1 rings (SSSR count). The van der Waals surface area contributed by atoms with Crippen LogP contribution in [0.25, 0.3) is 0 Å². The number of nitrogens with zero attached hydrogens (tertiary/aromatic N) is 2. The fourth-order valence-electron chi connectivity index (χ4n) is 1.55. The molecule has 1 aromatic rings. The number of nitrogen functional groups attached to an aromatic ring is 1. The summed E-state index contributed by atoms with van der Waals surface area (Å²) in [7, 11) is 1.26. The minimum absolute atomic E-state index is 0.0684. The van der Waals surface area contributed by atoms with Crippen LogP contribution < -0.4 is 5.73 Å². The molecule has 0 bridgehead atoms. The molecule has 100 valence electrons. The average Bonchev–Trinajstić information content (AvgIpc) is 2.62. The first-order valence-corrected chi connectivity index (χ1v) is 5.57. The predicted molar refractivity (Wildman–Crippen MR) is 64.0 cm³/mol. The number of aromatic nitrogens is 2. The number of ether oxygens (including phenoxy) is 2. The first kappa shape index (κ1) is 14.0. The summed E-state index contributed by atoms with van der Waals surface area (Å²) in [6, 6.07) is 0. The van der Waals surface area contributed by atoms with Gasteiger partial charge >= 0.3 is 11.9 Å².